The van der Waals surface area contributed by atoms with Gasteiger partial charge in [0.2, 0.25) is 0 Å². The first-order valence-corrected chi connectivity index (χ1v) is 11.5. The Morgan fingerprint density at radius 3 is 2.25 bits per heavy atom. The zero-order valence-corrected chi connectivity index (χ0v) is 19.0. The quantitative estimate of drug-likeness (QED) is 0.332. The van der Waals surface area contributed by atoms with E-state index < -0.39 is 10.0 Å². The van der Waals surface area contributed by atoms with Gasteiger partial charge >= 0.3 is 0 Å². The maximum atomic E-state index is 12.3. The fraction of sp³-hybridized carbons (Fsp3) is 0.160. The van der Waals surface area contributed by atoms with Gasteiger partial charge in [0.1, 0.15) is 5.82 Å². The van der Waals surface area contributed by atoms with E-state index in [1.165, 1.54) is 7.05 Å². The van der Waals surface area contributed by atoms with Gasteiger partial charge in [-0.05, 0) is 54.1 Å². The molecule has 0 N–H and O–H groups in total. The number of hydrogen-bond donors (Lipinski definition) is 0. The molecule has 0 aliphatic carbocycles. The molecule has 0 radical (unpaired) electrons. The van der Waals surface area contributed by atoms with Crippen LogP contribution >= 0.6 is 0 Å². The normalized spacial score (nSPS) is 11.3. The van der Waals surface area contributed by atoms with E-state index in [1.54, 1.807) is 12.1 Å². The van der Waals surface area contributed by atoms with Crippen LogP contribution in [0.25, 0.3) is 22.4 Å². The largest absolute Gasteiger partial charge is 0.370 e. The van der Waals surface area contributed by atoms with Crippen molar-refractivity contribution in [1.29, 1.82) is 0 Å². The first kappa shape index (κ1) is 21.5. The van der Waals surface area contributed by atoms with Gasteiger partial charge in [0.25, 0.3) is 10.0 Å². The molecule has 0 aliphatic heterocycles. The number of hydrogen-bond acceptors (Lipinski definition) is 4. The number of nitrogens with zero attached hydrogens (tertiary/aromatic N) is 4. The summed E-state index contributed by atoms with van der Waals surface area (Å²) in [7, 11) is 1.72. The molecule has 0 saturated heterocycles. The van der Waals surface area contributed by atoms with Crippen molar-refractivity contribution in [2.75, 3.05) is 19.0 Å². The number of anilines is 1. The van der Waals surface area contributed by atoms with E-state index in [-0.39, 0.29) is 4.90 Å². The van der Waals surface area contributed by atoms with Crippen molar-refractivity contribution in [2.45, 2.75) is 11.4 Å². The van der Waals surface area contributed by atoms with Crippen molar-refractivity contribution in [3.63, 3.8) is 0 Å². The first-order valence-electron chi connectivity index (χ1n) is 10.1. The Morgan fingerprint density at radius 2 is 1.62 bits per heavy atom. The van der Waals surface area contributed by atoms with Crippen molar-refractivity contribution in [3.8, 4) is 23.9 Å². The Balaban J connectivity index is 1.50. The monoisotopic (exact) mass is 444 g/mol. The lowest BCUT2D eigenvalue weighted by molar-refractivity contribution is 0.547. The highest BCUT2D eigenvalue weighted by Crippen LogP contribution is 2.26. The van der Waals surface area contributed by atoms with Crippen molar-refractivity contribution in [3.05, 3.63) is 78.4 Å². The number of aromatic nitrogens is 2. The molecule has 0 bridgehead atoms. The second-order valence-corrected chi connectivity index (χ2v) is 9.60. The van der Waals surface area contributed by atoms with Gasteiger partial charge < -0.3 is 9.47 Å². The van der Waals surface area contributed by atoms with Crippen LogP contribution in [0.4, 0.5) is 5.69 Å². The maximum Gasteiger partial charge on any atom is 0.270 e. The third-order valence-electron chi connectivity index (χ3n) is 5.54. The third-order valence-corrected chi connectivity index (χ3v) is 7.23. The minimum Gasteiger partial charge on any atom is -0.370 e. The van der Waals surface area contributed by atoms with Gasteiger partial charge in [0.05, 0.1) is 15.9 Å². The Hall–Kier alpha value is -3.76. The van der Waals surface area contributed by atoms with Crippen molar-refractivity contribution in [2.24, 2.45) is 7.05 Å². The topological polar surface area (TPSA) is 58.4 Å². The number of para-hydroxylation sites is 2. The lowest BCUT2D eigenvalue weighted by Gasteiger charge is -2.20. The van der Waals surface area contributed by atoms with Crippen LogP contribution in [0.1, 0.15) is 5.56 Å². The molecule has 0 amide bonds. The van der Waals surface area contributed by atoms with E-state index in [0.717, 1.165) is 38.0 Å². The first-order chi connectivity index (χ1) is 15.3. The van der Waals surface area contributed by atoms with Gasteiger partial charge in [-0.25, -0.2) is 17.7 Å². The third kappa shape index (κ3) is 3.93. The summed E-state index contributed by atoms with van der Waals surface area (Å²) in [6, 6.07) is 25.3. The SMILES string of the molecule is C#CN(C)S(=O)(=O)c1ccc(CN(C)c2ccc(-c3nc4ccccc4n3C)cc2)cc1. The molecule has 6 nitrogen and oxygen atoms in total. The molecule has 0 saturated carbocycles. The minimum atomic E-state index is -3.66. The van der Waals surface area contributed by atoms with Gasteiger partial charge in [0.15, 0.2) is 0 Å². The van der Waals surface area contributed by atoms with E-state index in [0.29, 0.717) is 6.54 Å². The van der Waals surface area contributed by atoms with Gasteiger partial charge in [0, 0.05) is 45.0 Å². The summed E-state index contributed by atoms with van der Waals surface area (Å²) in [5.41, 5.74) is 5.17. The smallest absolute Gasteiger partial charge is 0.270 e. The molecule has 7 heteroatoms. The van der Waals surface area contributed by atoms with Gasteiger partial charge in [-0.15, -0.1) is 0 Å². The summed E-state index contributed by atoms with van der Waals surface area (Å²) < 4.78 is 27.6. The fourth-order valence-electron chi connectivity index (χ4n) is 3.63. The number of fused-ring (bicyclic) bond motifs is 1. The number of imidazole rings is 1. The average molecular weight is 445 g/mol. The molecular weight excluding hydrogens is 420 g/mol. The molecule has 162 valence electrons. The Kier molecular flexibility index (Phi) is 5.64. The van der Waals surface area contributed by atoms with Crippen molar-refractivity contribution >= 4 is 26.7 Å². The Labute approximate surface area is 188 Å². The van der Waals surface area contributed by atoms with E-state index in [9.17, 15) is 8.42 Å². The molecular formula is C25H24N4O2S. The highest BCUT2D eigenvalue weighted by Gasteiger charge is 2.18. The molecule has 0 aliphatic rings. The predicted octanol–water partition coefficient (Wildman–Crippen LogP) is 4.09. The van der Waals surface area contributed by atoms with Crippen molar-refractivity contribution in [1.82, 2.24) is 13.9 Å². The molecule has 32 heavy (non-hydrogen) atoms. The van der Waals surface area contributed by atoms with Crippen LogP contribution in [-0.4, -0.2) is 36.4 Å². The lowest BCUT2D eigenvalue weighted by atomic mass is 10.1. The van der Waals surface area contributed by atoms with E-state index >= 15 is 0 Å². The summed E-state index contributed by atoms with van der Waals surface area (Å²) in [5.74, 6) is 0.925. The lowest BCUT2D eigenvalue weighted by Crippen LogP contribution is -2.22. The van der Waals surface area contributed by atoms with Gasteiger partial charge in [-0.2, -0.15) is 0 Å². The zero-order chi connectivity index (χ0) is 22.9. The molecule has 0 spiro atoms. The molecule has 1 aromatic heterocycles. The van der Waals surface area contributed by atoms with Gasteiger partial charge in [-0.3, -0.25) is 0 Å². The number of rotatable bonds is 6. The van der Waals surface area contributed by atoms with Crippen LogP contribution < -0.4 is 4.90 Å². The predicted molar refractivity (Wildman–Crippen MR) is 128 cm³/mol. The molecule has 4 aromatic rings. The molecule has 0 fully saturated rings. The van der Waals surface area contributed by atoms with E-state index in [4.69, 9.17) is 11.4 Å². The minimum absolute atomic E-state index is 0.177. The van der Waals surface area contributed by atoms with Crippen LogP contribution in [-0.2, 0) is 23.6 Å². The summed E-state index contributed by atoms with van der Waals surface area (Å²) in [5, 5.41) is 0. The van der Waals surface area contributed by atoms with Crippen LogP contribution in [0.3, 0.4) is 0 Å². The second kappa shape index (κ2) is 8.40. The second-order valence-electron chi connectivity index (χ2n) is 7.63. The van der Waals surface area contributed by atoms with Crippen LogP contribution in [0.2, 0.25) is 0 Å². The van der Waals surface area contributed by atoms with E-state index in [2.05, 4.69) is 45.8 Å². The number of benzene rings is 3. The van der Waals surface area contributed by atoms with Crippen LogP contribution in [0.15, 0.2) is 77.7 Å². The summed E-state index contributed by atoms with van der Waals surface area (Å²) in [4.78, 5) is 7.04. The molecule has 1 heterocycles. The maximum absolute atomic E-state index is 12.3. The van der Waals surface area contributed by atoms with Crippen LogP contribution in [0.5, 0.6) is 0 Å². The standard InChI is InChI=1S/C25H24N4O2S/c1-5-28(3)32(30,31)22-16-10-19(11-17-22)18-27(2)21-14-12-20(13-15-21)25-26-23-8-6-7-9-24(23)29(25)4/h1,6-17H,18H2,2-4H3. The molecule has 4 rings (SSSR count). The fourth-order valence-corrected chi connectivity index (χ4v) is 4.56. The molecule has 0 unspecified atom stereocenters. The Morgan fingerprint density at radius 1 is 0.969 bits per heavy atom. The van der Waals surface area contributed by atoms with Gasteiger partial charge in [-0.1, -0.05) is 30.7 Å². The summed E-state index contributed by atoms with van der Waals surface area (Å²) in [6.45, 7) is 0.636. The summed E-state index contributed by atoms with van der Waals surface area (Å²) >= 11 is 0. The van der Waals surface area contributed by atoms with E-state index in [1.807, 2.05) is 44.4 Å². The summed E-state index contributed by atoms with van der Waals surface area (Å²) in [6.07, 6.45) is 5.22. The molecule has 0 atom stereocenters. The molecule has 3 aromatic carbocycles. The highest BCUT2D eigenvalue weighted by molar-refractivity contribution is 7.89. The number of sulfonamides is 1. The van der Waals surface area contributed by atoms with Crippen molar-refractivity contribution < 1.29 is 8.42 Å². The number of terminal acetylenes is 1. The Bertz CT molecular complexity index is 1400. The zero-order valence-electron chi connectivity index (χ0n) is 18.2. The number of aryl methyl sites for hydroxylation is 1. The highest BCUT2D eigenvalue weighted by atomic mass is 32.2. The average Bonchev–Trinajstić information content (AvgIpc) is 3.15. The van der Waals surface area contributed by atoms with Crippen LogP contribution in [0, 0.1) is 12.5 Å².